The molecule has 352 valence electrons. The van der Waals surface area contributed by atoms with Crippen molar-refractivity contribution in [2.75, 3.05) is 39.3 Å². The molecule has 7 N–H and O–H groups in total. The molecule has 0 aromatic heterocycles. The molecule has 3 amide bonds. The van der Waals surface area contributed by atoms with Gasteiger partial charge in [0.1, 0.15) is 6.04 Å². The van der Waals surface area contributed by atoms with Crippen LogP contribution in [0.5, 0.6) is 0 Å². The number of hydrogen-bond acceptors (Lipinski definition) is 8. The Bertz CT molecular complexity index is 1540. The minimum atomic E-state index is -1.33. The van der Waals surface area contributed by atoms with Crippen LogP contribution in [0.3, 0.4) is 0 Å². The van der Waals surface area contributed by atoms with Gasteiger partial charge in [0.2, 0.25) is 17.7 Å². The fraction of sp³-hybridized carbons (Fsp3) is 0.833. The summed E-state index contributed by atoms with van der Waals surface area (Å²) in [5.41, 5.74) is 2.57. The number of fused-ring (bicyclic) bond motifs is 5. The van der Waals surface area contributed by atoms with Crippen molar-refractivity contribution in [3.63, 3.8) is 0 Å². The minimum absolute atomic E-state index is 0.0218. The first kappa shape index (κ1) is 51.1. The van der Waals surface area contributed by atoms with Crippen LogP contribution in [0.1, 0.15) is 157 Å². The average Bonchev–Trinajstić information content (AvgIpc) is 3.55. The molecule has 62 heavy (non-hydrogen) atoms. The number of carbonyl (C=O) groups is 6. The summed E-state index contributed by atoms with van der Waals surface area (Å²) >= 11 is 0. The zero-order chi connectivity index (χ0) is 45.5. The Labute approximate surface area is 370 Å². The highest BCUT2D eigenvalue weighted by Crippen LogP contribution is 2.67. The van der Waals surface area contributed by atoms with E-state index in [1.54, 1.807) is 5.57 Å². The molecule has 14 heteroatoms. The van der Waals surface area contributed by atoms with Crippen LogP contribution in [0.15, 0.2) is 11.6 Å². The molecule has 0 bridgehead atoms. The van der Waals surface area contributed by atoms with Gasteiger partial charge in [-0.15, -0.1) is 0 Å². The number of unbranched alkanes of at least 4 members (excludes halogenated alkanes) is 2. The van der Waals surface area contributed by atoms with Crippen molar-refractivity contribution in [1.82, 2.24) is 26.2 Å². The summed E-state index contributed by atoms with van der Waals surface area (Å²) in [5, 5.41) is 39.5. The zero-order valence-electron chi connectivity index (χ0n) is 38.6. The predicted molar refractivity (Wildman–Crippen MR) is 239 cm³/mol. The van der Waals surface area contributed by atoms with Crippen LogP contribution in [0, 0.1) is 46.3 Å². The monoisotopic (exact) mass is 872 g/mol. The molecule has 0 aromatic carbocycles. The summed E-state index contributed by atoms with van der Waals surface area (Å²) in [5.74, 6) is 0.496. The van der Waals surface area contributed by atoms with Gasteiger partial charge in [0.15, 0.2) is 0 Å². The van der Waals surface area contributed by atoms with Gasteiger partial charge in [-0.2, -0.15) is 0 Å². The molecule has 9 atom stereocenters. The van der Waals surface area contributed by atoms with Gasteiger partial charge in [-0.25, -0.2) is 0 Å². The molecule has 0 spiro atoms. The van der Waals surface area contributed by atoms with Crippen LogP contribution in [0.4, 0.5) is 0 Å². The lowest BCUT2D eigenvalue weighted by Gasteiger charge is -2.58. The topological polar surface area (TPSA) is 214 Å². The van der Waals surface area contributed by atoms with Crippen LogP contribution in [-0.2, 0) is 28.8 Å². The highest BCUT2D eigenvalue weighted by atomic mass is 16.4. The maximum absolute atomic E-state index is 12.4. The van der Waals surface area contributed by atoms with E-state index in [4.69, 9.17) is 10.2 Å². The molecule has 4 rings (SSSR count). The number of allylic oxidation sites excluding steroid dienone is 1. The Morgan fingerprint density at radius 1 is 0.694 bits per heavy atom. The second kappa shape index (κ2) is 24.5. The Kier molecular flexibility index (Phi) is 20.2. The van der Waals surface area contributed by atoms with E-state index in [2.05, 4.69) is 62.0 Å². The quantitative estimate of drug-likeness (QED) is 0.0339. The van der Waals surface area contributed by atoms with Crippen LogP contribution < -0.4 is 21.3 Å². The lowest BCUT2D eigenvalue weighted by Crippen LogP contribution is -2.51. The van der Waals surface area contributed by atoms with Crippen molar-refractivity contribution in [2.45, 2.75) is 169 Å². The average molecular weight is 872 g/mol. The smallest absolute Gasteiger partial charge is 0.320 e. The molecule has 4 aliphatic carbocycles. The van der Waals surface area contributed by atoms with Gasteiger partial charge < -0.3 is 36.6 Å². The van der Waals surface area contributed by atoms with Crippen molar-refractivity contribution in [3.05, 3.63) is 11.6 Å². The number of amides is 3. The number of hydrogen-bond donors (Lipinski definition) is 7. The van der Waals surface area contributed by atoms with Gasteiger partial charge in [0.05, 0.1) is 13.1 Å². The van der Waals surface area contributed by atoms with E-state index in [0.717, 1.165) is 66.2 Å². The van der Waals surface area contributed by atoms with E-state index in [1.807, 2.05) is 0 Å². The Morgan fingerprint density at radius 2 is 1.32 bits per heavy atom. The SMILES string of the molecule is CC(C)CCC[C@@H](C)[C@H]1CCC2C3CC=C4C[C@@H](NCCCCC(=O)NCCC(=O)NCCC(=O)NCCCCC(C(=O)O)N(CC(=O)O)CC(=O)O)CC[C@]4(C)C3CC[C@@]21C. The first-order valence-electron chi connectivity index (χ1n) is 24.1. The van der Waals surface area contributed by atoms with E-state index in [0.29, 0.717) is 36.1 Å². The molecule has 3 saturated carbocycles. The van der Waals surface area contributed by atoms with Crippen molar-refractivity contribution >= 4 is 35.6 Å². The number of nitrogens with zero attached hydrogens (tertiary/aromatic N) is 1. The number of carboxylic acids is 3. The lowest BCUT2D eigenvalue weighted by atomic mass is 9.47. The van der Waals surface area contributed by atoms with Crippen molar-refractivity contribution in [1.29, 1.82) is 0 Å². The highest BCUT2D eigenvalue weighted by Gasteiger charge is 2.59. The summed E-state index contributed by atoms with van der Waals surface area (Å²) in [6, 6.07) is -0.776. The summed E-state index contributed by atoms with van der Waals surface area (Å²) in [4.78, 5) is 71.5. The molecule has 4 aliphatic rings. The van der Waals surface area contributed by atoms with E-state index >= 15 is 0 Å². The third kappa shape index (κ3) is 14.8. The molecule has 0 heterocycles. The second-order valence-corrected chi connectivity index (χ2v) is 20.2. The third-order valence-corrected chi connectivity index (χ3v) is 15.5. The molecular weight excluding hydrogens is 791 g/mol. The Hall–Kier alpha value is -3.52. The molecule has 0 saturated heterocycles. The summed E-state index contributed by atoms with van der Waals surface area (Å²) < 4.78 is 0. The lowest BCUT2D eigenvalue weighted by molar-refractivity contribution is -0.149. The van der Waals surface area contributed by atoms with Crippen molar-refractivity contribution < 1.29 is 44.1 Å². The minimum Gasteiger partial charge on any atom is -0.480 e. The normalized spacial score (nSPS) is 27.6. The van der Waals surface area contributed by atoms with Crippen LogP contribution in [0.2, 0.25) is 0 Å². The number of nitrogens with one attached hydrogen (secondary N) is 4. The summed E-state index contributed by atoms with van der Waals surface area (Å²) in [6.45, 7) is 12.6. The maximum Gasteiger partial charge on any atom is 0.320 e. The van der Waals surface area contributed by atoms with Crippen LogP contribution in [0.25, 0.3) is 0 Å². The van der Waals surface area contributed by atoms with Crippen molar-refractivity contribution in [2.24, 2.45) is 46.3 Å². The second-order valence-electron chi connectivity index (χ2n) is 20.2. The zero-order valence-corrected chi connectivity index (χ0v) is 38.6. The van der Waals surface area contributed by atoms with Crippen LogP contribution in [-0.4, -0.2) is 107 Å². The van der Waals surface area contributed by atoms with Gasteiger partial charge in [-0.1, -0.05) is 65.5 Å². The molecule has 14 nitrogen and oxygen atoms in total. The molecular formula is C48H81N5O9. The maximum atomic E-state index is 12.4. The number of aliphatic carboxylic acids is 3. The summed E-state index contributed by atoms with van der Waals surface area (Å²) in [7, 11) is 0. The van der Waals surface area contributed by atoms with E-state index in [1.165, 1.54) is 64.2 Å². The number of carboxylic acid groups (broad SMARTS) is 3. The first-order chi connectivity index (χ1) is 29.4. The van der Waals surface area contributed by atoms with E-state index in [-0.39, 0.29) is 56.6 Å². The van der Waals surface area contributed by atoms with Crippen molar-refractivity contribution in [3.8, 4) is 0 Å². The molecule has 0 aliphatic heterocycles. The largest absolute Gasteiger partial charge is 0.480 e. The summed E-state index contributed by atoms with van der Waals surface area (Å²) in [6.07, 6.45) is 20.4. The Balaban J connectivity index is 1.03. The fourth-order valence-electron chi connectivity index (χ4n) is 12.2. The Morgan fingerprint density at radius 3 is 1.95 bits per heavy atom. The molecule has 0 aromatic rings. The van der Waals surface area contributed by atoms with Crippen LogP contribution >= 0.6 is 0 Å². The number of carbonyl (C=O) groups excluding carboxylic acids is 3. The van der Waals surface area contributed by atoms with Gasteiger partial charge in [-0.3, -0.25) is 33.7 Å². The van der Waals surface area contributed by atoms with Gasteiger partial charge in [0, 0.05) is 44.9 Å². The van der Waals surface area contributed by atoms with E-state index < -0.39 is 37.0 Å². The van der Waals surface area contributed by atoms with Gasteiger partial charge >= 0.3 is 17.9 Å². The van der Waals surface area contributed by atoms with Gasteiger partial charge in [0.25, 0.3) is 0 Å². The standard InChI is InChI=1S/C48H81N5O9/c1-32(2)11-10-12-33(3)37-17-18-38-36-16-15-34-29-35(19-23-47(34,4)39(36)20-24-48(37,38)5)49-25-9-7-14-41(54)51-27-22-43(56)52-28-21-42(55)50-26-8-6-13-40(46(61)62)53(30-44(57)58)31-45(59)60/h15,32-33,35-40,49H,6-14,16-31H2,1-5H3,(H,50,55)(H,51,54)(H,52,56)(H,57,58)(H,59,60)(H,61,62)/t33-,35+,36?,37-,38?,39?,40?,47+,48-/m1/s1. The fourth-order valence-corrected chi connectivity index (χ4v) is 12.2. The first-order valence-corrected chi connectivity index (χ1v) is 24.1. The highest BCUT2D eigenvalue weighted by molar-refractivity contribution is 5.80. The molecule has 4 unspecified atom stereocenters. The molecule has 3 fully saturated rings. The third-order valence-electron chi connectivity index (χ3n) is 15.5. The van der Waals surface area contributed by atoms with Gasteiger partial charge in [-0.05, 0) is 136 Å². The van der Waals surface area contributed by atoms with E-state index in [9.17, 15) is 33.9 Å². The predicted octanol–water partition coefficient (Wildman–Crippen LogP) is 6.38. The number of rotatable bonds is 28. The molecule has 0 radical (unpaired) electrons.